The van der Waals surface area contributed by atoms with Crippen molar-refractivity contribution in [3.63, 3.8) is 0 Å². The van der Waals surface area contributed by atoms with E-state index in [9.17, 15) is 19.5 Å². The molecule has 35 heavy (non-hydrogen) atoms. The lowest BCUT2D eigenvalue weighted by Gasteiger charge is -2.43. The number of allylic oxidation sites excluding steroid dienone is 1. The van der Waals surface area contributed by atoms with Gasteiger partial charge in [-0.15, -0.1) is 13.2 Å². The van der Waals surface area contributed by atoms with Crippen LogP contribution in [0.2, 0.25) is 0 Å². The molecule has 0 aliphatic carbocycles. The second-order valence-electron chi connectivity index (χ2n) is 11.4. The monoisotopic (exact) mass is 490 g/mol. The molecule has 0 saturated carbocycles. The van der Waals surface area contributed by atoms with Crippen molar-refractivity contribution >= 4 is 17.8 Å². The van der Waals surface area contributed by atoms with Crippen LogP contribution in [0.15, 0.2) is 25.3 Å². The maximum Gasteiger partial charge on any atom is 0.312 e. The Morgan fingerprint density at radius 3 is 2.54 bits per heavy atom. The lowest BCUT2D eigenvalue weighted by atomic mass is 9.66. The quantitative estimate of drug-likeness (QED) is 0.272. The van der Waals surface area contributed by atoms with E-state index in [1.165, 1.54) is 4.90 Å². The number of aliphatic hydroxyl groups excluding tert-OH is 1. The molecule has 0 aromatic rings. The molecule has 0 aromatic carbocycles. The Morgan fingerprint density at radius 2 is 1.97 bits per heavy atom. The molecule has 6 atom stereocenters. The number of ether oxygens (including phenoxy) is 2. The van der Waals surface area contributed by atoms with E-state index in [2.05, 4.69) is 13.2 Å². The van der Waals surface area contributed by atoms with Gasteiger partial charge in [-0.05, 0) is 66.7 Å². The molecule has 0 aromatic heterocycles. The molecule has 196 valence electrons. The average Bonchev–Trinajstić information content (AvgIpc) is 3.36. The zero-order chi connectivity index (χ0) is 26.2. The highest BCUT2D eigenvalue weighted by Gasteiger charge is 2.79. The minimum Gasteiger partial charge on any atom is -0.465 e. The lowest BCUT2D eigenvalue weighted by molar-refractivity contribution is -0.162. The second-order valence-corrected chi connectivity index (χ2v) is 11.4. The van der Waals surface area contributed by atoms with Gasteiger partial charge in [-0.1, -0.05) is 12.2 Å². The number of hydrogen-bond acceptors (Lipinski definition) is 6. The molecule has 2 unspecified atom stereocenters. The molecule has 3 rings (SSSR count). The van der Waals surface area contributed by atoms with E-state index in [-0.39, 0.29) is 25.0 Å². The number of unbranched alkanes of at least 4 members (excludes halogenated alkanes) is 2. The van der Waals surface area contributed by atoms with Gasteiger partial charge in [-0.25, -0.2) is 0 Å². The van der Waals surface area contributed by atoms with Gasteiger partial charge < -0.3 is 24.4 Å². The van der Waals surface area contributed by atoms with E-state index in [0.29, 0.717) is 25.8 Å². The zero-order valence-electron chi connectivity index (χ0n) is 21.9. The first-order chi connectivity index (χ1) is 16.4. The van der Waals surface area contributed by atoms with Crippen LogP contribution in [0.5, 0.6) is 0 Å². The van der Waals surface area contributed by atoms with Gasteiger partial charge in [0.05, 0.1) is 30.8 Å². The summed E-state index contributed by atoms with van der Waals surface area (Å²) in [5, 5.41) is 9.98. The fourth-order valence-corrected chi connectivity index (χ4v) is 6.19. The Balaban J connectivity index is 1.99. The SMILES string of the molecule is C=CCCCCOC(=O)[C@H]1[C@H]2C(=O)N([C@H](C)CO)C(C(=O)N(CC=C)C(C)(C)C)C23CC[C@]1(C)O3. The van der Waals surface area contributed by atoms with Crippen molar-refractivity contribution in [3.05, 3.63) is 25.3 Å². The van der Waals surface area contributed by atoms with E-state index in [1.807, 2.05) is 33.8 Å². The predicted molar refractivity (Wildman–Crippen MR) is 132 cm³/mol. The van der Waals surface area contributed by atoms with Crippen LogP contribution in [-0.4, -0.2) is 81.3 Å². The highest BCUT2D eigenvalue weighted by molar-refractivity contribution is 5.99. The van der Waals surface area contributed by atoms with Crippen LogP contribution < -0.4 is 0 Å². The Morgan fingerprint density at radius 1 is 1.29 bits per heavy atom. The first-order valence-electron chi connectivity index (χ1n) is 12.7. The summed E-state index contributed by atoms with van der Waals surface area (Å²) >= 11 is 0. The molecule has 8 heteroatoms. The molecular formula is C27H42N2O6. The predicted octanol–water partition coefficient (Wildman–Crippen LogP) is 2.84. The largest absolute Gasteiger partial charge is 0.465 e. The molecule has 8 nitrogen and oxygen atoms in total. The third-order valence-electron chi connectivity index (χ3n) is 7.88. The summed E-state index contributed by atoms with van der Waals surface area (Å²) < 4.78 is 12.2. The van der Waals surface area contributed by atoms with Crippen molar-refractivity contribution in [1.82, 2.24) is 9.80 Å². The van der Waals surface area contributed by atoms with Crippen molar-refractivity contribution in [1.29, 1.82) is 0 Å². The number of nitrogens with zero attached hydrogens (tertiary/aromatic N) is 2. The van der Waals surface area contributed by atoms with Crippen molar-refractivity contribution in [2.75, 3.05) is 19.8 Å². The summed E-state index contributed by atoms with van der Waals surface area (Å²) in [6.45, 7) is 17.1. The molecule has 2 bridgehead atoms. The van der Waals surface area contributed by atoms with Crippen molar-refractivity contribution in [2.45, 2.75) is 95.5 Å². The topological polar surface area (TPSA) is 96.4 Å². The Hall–Kier alpha value is -2.19. The van der Waals surface area contributed by atoms with Crippen molar-refractivity contribution in [3.8, 4) is 0 Å². The number of hydrogen-bond donors (Lipinski definition) is 1. The molecule has 3 aliphatic rings. The van der Waals surface area contributed by atoms with E-state index in [1.54, 1.807) is 17.9 Å². The number of rotatable bonds is 11. The van der Waals surface area contributed by atoms with Gasteiger partial charge in [0.2, 0.25) is 11.8 Å². The molecule has 3 aliphatic heterocycles. The number of likely N-dealkylation sites (tertiary alicyclic amines) is 1. The Labute approximate surface area is 209 Å². The lowest BCUT2D eigenvalue weighted by Crippen LogP contribution is -2.61. The first-order valence-corrected chi connectivity index (χ1v) is 12.7. The standard InChI is InChI=1S/C27H42N2O6/c1-8-10-11-12-16-34-24(33)20-19-22(31)29(18(3)17-30)21(27(19)14-13-26(20,7)35-27)23(32)28(15-9-2)25(4,5)6/h8-9,18-21,30H,1-2,10-17H2,3-7H3/t18-,19+,20-,21?,26+,27?/m1/s1. The third kappa shape index (κ3) is 4.55. The highest BCUT2D eigenvalue weighted by Crippen LogP contribution is 2.63. The van der Waals surface area contributed by atoms with Gasteiger partial charge in [0, 0.05) is 12.1 Å². The van der Waals surface area contributed by atoms with Crippen molar-refractivity contribution in [2.24, 2.45) is 11.8 Å². The highest BCUT2D eigenvalue weighted by atomic mass is 16.6. The number of aliphatic hydroxyl groups is 1. The summed E-state index contributed by atoms with van der Waals surface area (Å²) in [4.78, 5) is 44.5. The van der Waals surface area contributed by atoms with Crippen LogP contribution in [0.3, 0.4) is 0 Å². The van der Waals surface area contributed by atoms with Crippen LogP contribution in [0, 0.1) is 11.8 Å². The second kappa shape index (κ2) is 10.1. The fourth-order valence-electron chi connectivity index (χ4n) is 6.19. The molecule has 2 amide bonds. The fraction of sp³-hybridized carbons (Fsp3) is 0.741. The minimum absolute atomic E-state index is 0.253. The van der Waals surface area contributed by atoms with Gasteiger partial charge in [0.25, 0.3) is 0 Å². The average molecular weight is 491 g/mol. The summed E-state index contributed by atoms with van der Waals surface area (Å²) in [6.07, 6.45) is 6.95. The van der Waals surface area contributed by atoms with Gasteiger partial charge in [0.1, 0.15) is 17.6 Å². The van der Waals surface area contributed by atoms with Gasteiger partial charge >= 0.3 is 5.97 Å². The number of carbonyl (C=O) groups excluding carboxylic acids is 3. The maximum atomic E-state index is 14.1. The van der Waals surface area contributed by atoms with Crippen LogP contribution >= 0.6 is 0 Å². The number of carbonyl (C=O) groups is 3. The summed E-state index contributed by atoms with van der Waals surface area (Å²) in [5.41, 5.74) is -2.54. The van der Waals surface area contributed by atoms with Crippen LogP contribution in [0.25, 0.3) is 0 Å². The Kier molecular flexibility index (Phi) is 7.87. The van der Waals surface area contributed by atoms with E-state index < -0.39 is 46.6 Å². The number of esters is 1. The van der Waals surface area contributed by atoms with Crippen LogP contribution in [0.4, 0.5) is 0 Å². The van der Waals surface area contributed by atoms with Gasteiger partial charge in [0.15, 0.2) is 0 Å². The third-order valence-corrected chi connectivity index (χ3v) is 7.88. The molecular weight excluding hydrogens is 448 g/mol. The maximum absolute atomic E-state index is 14.1. The molecule has 3 heterocycles. The van der Waals surface area contributed by atoms with E-state index in [0.717, 1.165) is 12.8 Å². The number of amides is 2. The Bertz CT molecular complexity index is 866. The normalized spacial score (nSPS) is 32.3. The van der Waals surface area contributed by atoms with Gasteiger partial charge in [-0.2, -0.15) is 0 Å². The van der Waals surface area contributed by atoms with Gasteiger partial charge in [-0.3, -0.25) is 14.4 Å². The van der Waals surface area contributed by atoms with E-state index >= 15 is 0 Å². The smallest absolute Gasteiger partial charge is 0.312 e. The van der Waals surface area contributed by atoms with Crippen molar-refractivity contribution < 1.29 is 29.0 Å². The summed E-state index contributed by atoms with van der Waals surface area (Å²) in [5.74, 6) is -2.65. The summed E-state index contributed by atoms with van der Waals surface area (Å²) in [6, 6.07) is -1.54. The summed E-state index contributed by atoms with van der Waals surface area (Å²) in [7, 11) is 0. The van der Waals surface area contributed by atoms with E-state index in [4.69, 9.17) is 9.47 Å². The first kappa shape index (κ1) is 27.4. The molecule has 3 fully saturated rings. The molecule has 3 saturated heterocycles. The molecule has 0 radical (unpaired) electrons. The van der Waals surface area contributed by atoms with Crippen LogP contribution in [0.1, 0.15) is 66.7 Å². The van der Waals surface area contributed by atoms with Crippen LogP contribution in [-0.2, 0) is 23.9 Å². The molecule has 1 N–H and O–H groups in total. The number of fused-ring (bicyclic) bond motifs is 1. The zero-order valence-corrected chi connectivity index (χ0v) is 21.9. The minimum atomic E-state index is -1.14. The molecule has 1 spiro atoms.